The highest BCUT2D eigenvalue weighted by atomic mass is 35.5. The molecule has 1 aromatic carbocycles. The van der Waals surface area contributed by atoms with E-state index in [1.165, 1.54) is 0 Å². The first-order chi connectivity index (χ1) is 9.45. The number of benzene rings is 1. The average Bonchev–Trinajstić information content (AvgIpc) is 2.73. The number of nitrogens with two attached hydrogens (primary N) is 1. The van der Waals surface area contributed by atoms with Crippen LogP contribution in [0.3, 0.4) is 0 Å². The quantitative estimate of drug-likeness (QED) is 0.894. The third kappa shape index (κ3) is 5.33. The Morgan fingerprint density at radius 2 is 1.90 bits per heavy atom. The highest BCUT2D eigenvalue weighted by Crippen LogP contribution is 2.27. The molecule has 0 bridgehead atoms. The molecule has 2 atom stereocenters. The topological polar surface area (TPSA) is 46.3 Å². The van der Waals surface area contributed by atoms with Gasteiger partial charge in [-0.15, -0.1) is 12.4 Å². The zero-order chi connectivity index (χ0) is 14.7. The number of carbonyl (C=O) groups is 1. The van der Waals surface area contributed by atoms with E-state index in [4.69, 9.17) is 28.9 Å². The smallest absolute Gasteiger partial charge is 0.222 e. The second-order valence-electron chi connectivity index (χ2n) is 5.59. The molecule has 1 aliphatic rings. The average molecular weight is 352 g/mol. The van der Waals surface area contributed by atoms with Crippen LogP contribution in [0.25, 0.3) is 0 Å². The number of nitrogens with zero attached hydrogens (tertiary/aromatic N) is 1. The van der Waals surface area contributed by atoms with Crippen molar-refractivity contribution in [2.45, 2.75) is 38.3 Å². The molecular weight excluding hydrogens is 331 g/mol. The van der Waals surface area contributed by atoms with E-state index in [-0.39, 0.29) is 24.4 Å². The summed E-state index contributed by atoms with van der Waals surface area (Å²) < 4.78 is 0. The standard InChI is InChI=1S/C15H20Cl2N2O.ClH/c1-19(9-10-5-12(16)8-13(17)6-10)15(20)7-11-3-2-4-14(11)18;/h5-6,8,11,14H,2-4,7,9,18H2,1H3;1H/t11-,14+;/m0./s1. The van der Waals surface area contributed by atoms with E-state index in [1.54, 1.807) is 18.0 Å². The zero-order valence-corrected chi connectivity index (χ0v) is 14.3. The van der Waals surface area contributed by atoms with E-state index in [0.717, 1.165) is 24.8 Å². The van der Waals surface area contributed by atoms with E-state index < -0.39 is 0 Å². The van der Waals surface area contributed by atoms with Gasteiger partial charge in [-0.2, -0.15) is 0 Å². The fourth-order valence-corrected chi connectivity index (χ4v) is 3.33. The lowest BCUT2D eigenvalue weighted by atomic mass is 9.99. The summed E-state index contributed by atoms with van der Waals surface area (Å²) in [6.07, 6.45) is 3.76. The number of halogens is 3. The molecule has 118 valence electrons. The molecule has 1 saturated carbocycles. The Morgan fingerprint density at radius 1 is 1.29 bits per heavy atom. The number of hydrogen-bond donors (Lipinski definition) is 1. The lowest BCUT2D eigenvalue weighted by molar-refractivity contribution is -0.131. The molecule has 0 heterocycles. The van der Waals surface area contributed by atoms with Gasteiger partial charge in [0.1, 0.15) is 0 Å². The molecule has 0 spiro atoms. The molecule has 1 amide bonds. The summed E-state index contributed by atoms with van der Waals surface area (Å²) in [6, 6.07) is 5.52. The molecule has 3 nitrogen and oxygen atoms in total. The fraction of sp³-hybridized carbons (Fsp3) is 0.533. The summed E-state index contributed by atoms with van der Waals surface area (Å²) in [7, 11) is 1.80. The third-order valence-corrected chi connectivity index (χ3v) is 4.36. The fourth-order valence-electron chi connectivity index (χ4n) is 2.76. The van der Waals surface area contributed by atoms with Gasteiger partial charge in [0.2, 0.25) is 5.91 Å². The largest absolute Gasteiger partial charge is 0.341 e. The molecule has 1 aliphatic carbocycles. The molecule has 0 aromatic heterocycles. The van der Waals surface area contributed by atoms with Crippen LogP contribution < -0.4 is 5.73 Å². The summed E-state index contributed by atoms with van der Waals surface area (Å²) in [5, 5.41) is 1.18. The van der Waals surface area contributed by atoms with E-state index in [0.29, 0.717) is 28.9 Å². The second-order valence-corrected chi connectivity index (χ2v) is 6.46. The molecular formula is C15H21Cl3N2O. The molecule has 21 heavy (non-hydrogen) atoms. The first-order valence-corrected chi connectivity index (χ1v) is 7.66. The van der Waals surface area contributed by atoms with Crippen LogP contribution in [0.5, 0.6) is 0 Å². The van der Waals surface area contributed by atoms with Gasteiger partial charge in [-0.25, -0.2) is 0 Å². The Hall–Kier alpha value is -0.480. The van der Waals surface area contributed by atoms with Gasteiger partial charge in [0.05, 0.1) is 0 Å². The van der Waals surface area contributed by atoms with Crippen molar-refractivity contribution in [1.29, 1.82) is 0 Å². The lowest BCUT2D eigenvalue weighted by Gasteiger charge is -2.21. The highest BCUT2D eigenvalue weighted by Gasteiger charge is 2.27. The third-order valence-electron chi connectivity index (χ3n) is 3.92. The van der Waals surface area contributed by atoms with E-state index in [2.05, 4.69) is 0 Å². The molecule has 2 rings (SSSR count). The summed E-state index contributed by atoms with van der Waals surface area (Å²) in [6.45, 7) is 0.515. The first-order valence-electron chi connectivity index (χ1n) is 6.90. The van der Waals surface area contributed by atoms with Gasteiger partial charge < -0.3 is 10.6 Å². The number of amides is 1. The Balaban J connectivity index is 0.00000220. The van der Waals surface area contributed by atoms with Crippen LogP contribution in [0.1, 0.15) is 31.2 Å². The number of rotatable bonds is 4. The van der Waals surface area contributed by atoms with Crippen molar-refractivity contribution in [1.82, 2.24) is 4.90 Å². The maximum Gasteiger partial charge on any atom is 0.222 e. The lowest BCUT2D eigenvalue weighted by Crippen LogP contribution is -2.32. The summed E-state index contributed by atoms with van der Waals surface area (Å²) in [5.41, 5.74) is 6.95. The van der Waals surface area contributed by atoms with Crippen LogP contribution in [0.2, 0.25) is 10.0 Å². The minimum Gasteiger partial charge on any atom is -0.341 e. The molecule has 1 fully saturated rings. The van der Waals surface area contributed by atoms with E-state index in [9.17, 15) is 4.79 Å². The van der Waals surface area contributed by atoms with Crippen LogP contribution in [0.15, 0.2) is 18.2 Å². The summed E-state index contributed by atoms with van der Waals surface area (Å²) in [5.74, 6) is 0.455. The SMILES string of the molecule is CN(Cc1cc(Cl)cc(Cl)c1)C(=O)C[C@@H]1CCC[C@H]1N.Cl. The van der Waals surface area contributed by atoms with E-state index >= 15 is 0 Å². The first kappa shape index (κ1) is 18.6. The van der Waals surface area contributed by atoms with Crippen LogP contribution in [-0.2, 0) is 11.3 Å². The maximum absolute atomic E-state index is 12.2. The molecule has 0 saturated heterocycles. The Bertz CT molecular complexity index is 476. The van der Waals surface area contributed by atoms with Crippen molar-refractivity contribution in [2.75, 3.05) is 7.05 Å². The van der Waals surface area contributed by atoms with Gasteiger partial charge in [-0.05, 0) is 42.5 Å². The van der Waals surface area contributed by atoms with Gasteiger partial charge in [0, 0.05) is 36.1 Å². The van der Waals surface area contributed by atoms with Gasteiger partial charge in [0.25, 0.3) is 0 Å². The molecule has 0 unspecified atom stereocenters. The van der Waals surface area contributed by atoms with Gasteiger partial charge in [0.15, 0.2) is 0 Å². The van der Waals surface area contributed by atoms with Crippen LogP contribution in [0.4, 0.5) is 0 Å². The molecule has 2 N–H and O–H groups in total. The van der Waals surface area contributed by atoms with Gasteiger partial charge in [-0.3, -0.25) is 4.79 Å². The van der Waals surface area contributed by atoms with Gasteiger partial charge >= 0.3 is 0 Å². The number of hydrogen-bond acceptors (Lipinski definition) is 2. The predicted octanol–water partition coefficient (Wildman–Crippen LogP) is 3.89. The second kappa shape index (κ2) is 8.23. The number of carbonyl (C=O) groups excluding carboxylic acids is 1. The van der Waals surface area contributed by atoms with Crippen molar-refractivity contribution in [3.63, 3.8) is 0 Å². The molecule has 0 radical (unpaired) electrons. The summed E-state index contributed by atoms with van der Waals surface area (Å²) >= 11 is 11.9. The van der Waals surface area contributed by atoms with Crippen molar-refractivity contribution < 1.29 is 4.79 Å². The van der Waals surface area contributed by atoms with Crippen LogP contribution in [0, 0.1) is 5.92 Å². The van der Waals surface area contributed by atoms with Crippen molar-refractivity contribution in [2.24, 2.45) is 11.7 Å². The van der Waals surface area contributed by atoms with Crippen LogP contribution in [-0.4, -0.2) is 23.9 Å². The Kier molecular flexibility index (Phi) is 7.28. The van der Waals surface area contributed by atoms with Gasteiger partial charge in [-0.1, -0.05) is 29.6 Å². The zero-order valence-electron chi connectivity index (χ0n) is 12.0. The Labute approximate surface area is 142 Å². The molecule has 6 heteroatoms. The molecule has 1 aromatic rings. The van der Waals surface area contributed by atoms with E-state index in [1.807, 2.05) is 12.1 Å². The Morgan fingerprint density at radius 3 is 2.43 bits per heavy atom. The van der Waals surface area contributed by atoms with Crippen LogP contribution >= 0.6 is 35.6 Å². The maximum atomic E-state index is 12.2. The molecule has 0 aliphatic heterocycles. The normalized spacial score (nSPS) is 21.0. The van der Waals surface area contributed by atoms with Crippen molar-refractivity contribution in [3.8, 4) is 0 Å². The predicted molar refractivity (Wildman–Crippen MR) is 90.1 cm³/mol. The van der Waals surface area contributed by atoms with Crippen molar-refractivity contribution in [3.05, 3.63) is 33.8 Å². The monoisotopic (exact) mass is 350 g/mol. The highest BCUT2D eigenvalue weighted by molar-refractivity contribution is 6.34. The summed E-state index contributed by atoms with van der Waals surface area (Å²) in [4.78, 5) is 13.9. The minimum absolute atomic E-state index is 0. The minimum atomic E-state index is 0. The van der Waals surface area contributed by atoms with Crippen molar-refractivity contribution >= 4 is 41.5 Å².